The molecule has 20 nitrogen and oxygen atoms in total. The van der Waals surface area contributed by atoms with Crippen LogP contribution in [0.5, 0.6) is 0 Å². The van der Waals surface area contributed by atoms with Gasteiger partial charge in [-0.15, -0.1) is 0 Å². The third-order valence-electron chi connectivity index (χ3n) is 16.5. The Morgan fingerprint density at radius 1 is 0.857 bits per heavy atom. The second-order valence-electron chi connectivity index (χ2n) is 22.7. The topological polar surface area (TPSA) is 292 Å². The molecule has 0 spiro atoms. The largest absolute Gasteiger partial charge is 0.512 e. The number of cyclic esters (lactones) is 1. The molecule has 4 heterocycles. The number of aliphatic hydroxyl groups excluding tert-OH is 4. The maximum atomic E-state index is 14.6. The minimum Gasteiger partial charge on any atom is -0.460 e. The van der Waals surface area contributed by atoms with Gasteiger partial charge in [0.15, 0.2) is 11.9 Å². The number of fused-ring (bicyclic) bond motifs is 3. The monoisotopic (exact) mass is 1090 g/mol. The van der Waals surface area contributed by atoms with Crippen molar-refractivity contribution in [1.82, 2.24) is 4.90 Å². The summed E-state index contributed by atoms with van der Waals surface area (Å²) < 4.78 is 39.2. The van der Waals surface area contributed by atoms with Crippen LogP contribution in [0.1, 0.15) is 132 Å². The van der Waals surface area contributed by atoms with E-state index in [1.54, 1.807) is 40.9 Å². The third kappa shape index (κ3) is 16.2. The van der Waals surface area contributed by atoms with E-state index in [2.05, 4.69) is 0 Å². The number of Topliss-reactive ketones (excluding diaryl/α,β-unsaturated/α-hetero) is 3. The van der Waals surface area contributed by atoms with Crippen LogP contribution in [-0.4, -0.2) is 171 Å². The molecule has 1 saturated carbocycles. The summed E-state index contributed by atoms with van der Waals surface area (Å²) in [6.07, 6.45) is 2.91. The molecule has 3 saturated heterocycles. The van der Waals surface area contributed by atoms with Crippen LogP contribution in [0.25, 0.3) is 0 Å². The number of aliphatic hydroxyl groups is 6. The van der Waals surface area contributed by atoms with Crippen molar-refractivity contribution in [3.05, 3.63) is 47.6 Å². The number of carbonyl (C=O) groups is 6. The van der Waals surface area contributed by atoms with E-state index in [-0.39, 0.29) is 55.1 Å². The van der Waals surface area contributed by atoms with Crippen molar-refractivity contribution in [3.8, 4) is 0 Å². The standard InChI is InChI=1S/C57H87NO19/c1-31-16-12-11-13-17-32(2)45(71-9)28-40-21-19-38(8)56(69,76-40)52(65)53(66)58-23-15-14-18-41(58)54(67)74-46(29-42(59)33(3)25-37(7)48(62)50(72-10)47(61)36(6)24-31)35(5)27-39-20-22-44(34(4)26-39)75-55(68)77-57(70)51(64)49(63)43(60)30-73-57/h11-13,16-17,25,31,33-36,38-41,43-46,48-51,60,62-64,69-70H,14-15,18-24,26-30H2,1-10H3/b13-11+,16-12+,32-17+,37-25+/t31-,33-,34-,35-,36-,38-,39+,40+,41+,43+,44-,45+,46+,48-,49+,50+,51?,56-,57+/m1/s1. The number of nitrogens with zero attached hydrogens (tertiary/aromatic N) is 1. The first-order valence-electron chi connectivity index (χ1n) is 27.5. The number of ketones is 3. The molecule has 0 radical (unpaired) electrons. The number of hydrogen-bond acceptors (Lipinski definition) is 19. The molecule has 77 heavy (non-hydrogen) atoms. The van der Waals surface area contributed by atoms with Gasteiger partial charge in [0.05, 0.1) is 18.8 Å². The highest BCUT2D eigenvalue weighted by Crippen LogP contribution is 2.39. The van der Waals surface area contributed by atoms with Crippen LogP contribution in [0, 0.1) is 41.4 Å². The van der Waals surface area contributed by atoms with Crippen molar-refractivity contribution >= 4 is 35.4 Å². The molecule has 4 aliphatic heterocycles. The van der Waals surface area contributed by atoms with E-state index in [1.807, 2.05) is 58.1 Å². The number of esters is 1. The summed E-state index contributed by atoms with van der Waals surface area (Å²) in [7, 11) is 2.90. The summed E-state index contributed by atoms with van der Waals surface area (Å²) in [5.74, 6) is -12.1. The molecule has 1 amide bonds. The van der Waals surface area contributed by atoms with E-state index in [0.717, 1.165) is 10.5 Å². The number of amides is 1. The summed E-state index contributed by atoms with van der Waals surface area (Å²) in [4.78, 5) is 85.3. The minimum atomic E-state index is -2.96. The van der Waals surface area contributed by atoms with Crippen molar-refractivity contribution in [2.75, 3.05) is 27.4 Å². The Morgan fingerprint density at radius 2 is 1.57 bits per heavy atom. The molecule has 0 aromatic carbocycles. The van der Waals surface area contributed by atoms with Crippen molar-refractivity contribution in [1.29, 1.82) is 0 Å². The second-order valence-corrected chi connectivity index (χ2v) is 22.7. The molecule has 0 aromatic rings. The zero-order valence-electron chi connectivity index (χ0n) is 46.6. The summed E-state index contributed by atoms with van der Waals surface area (Å²) in [6.45, 7) is 13.6. The molecule has 5 rings (SSSR count). The molecule has 5 aliphatic rings. The first-order chi connectivity index (χ1) is 36.2. The molecular formula is C57H87NO19. The summed E-state index contributed by atoms with van der Waals surface area (Å²) in [6, 6.07) is -1.23. The van der Waals surface area contributed by atoms with Crippen LogP contribution in [0.15, 0.2) is 47.6 Å². The quantitative estimate of drug-likeness (QED) is 0.0870. The Kier molecular flexibility index (Phi) is 23.4. The van der Waals surface area contributed by atoms with Crippen LogP contribution < -0.4 is 0 Å². The lowest BCUT2D eigenvalue weighted by Crippen LogP contribution is -2.62. The van der Waals surface area contributed by atoms with Crippen molar-refractivity contribution in [2.45, 2.75) is 205 Å². The number of methoxy groups -OCH3 is 2. The summed E-state index contributed by atoms with van der Waals surface area (Å²) >= 11 is 0. The first kappa shape index (κ1) is 63.6. The Bertz CT molecular complexity index is 2180. The molecule has 0 aromatic heterocycles. The maximum Gasteiger partial charge on any atom is 0.512 e. The van der Waals surface area contributed by atoms with Crippen molar-refractivity contribution in [3.63, 3.8) is 0 Å². The van der Waals surface area contributed by atoms with Crippen LogP contribution >= 0.6 is 0 Å². The van der Waals surface area contributed by atoms with Gasteiger partial charge in [0, 0.05) is 51.4 Å². The Labute approximate surface area is 453 Å². The van der Waals surface area contributed by atoms with Gasteiger partial charge in [-0.05, 0) is 113 Å². The second kappa shape index (κ2) is 28.3. The zero-order valence-corrected chi connectivity index (χ0v) is 46.6. The Balaban J connectivity index is 1.41. The van der Waals surface area contributed by atoms with Crippen LogP contribution in [0.3, 0.4) is 0 Å². The molecule has 20 heteroatoms. The van der Waals surface area contributed by atoms with Crippen LogP contribution in [0.4, 0.5) is 4.79 Å². The molecule has 434 valence electrons. The van der Waals surface area contributed by atoms with Gasteiger partial charge in [-0.2, -0.15) is 0 Å². The minimum absolute atomic E-state index is 0.0214. The number of carbonyl (C=O) groups excluding carboxylic acids is 6. The molecule has 2 bridgehead atoms. The predicted octanol–water partition coefficient (Wildman–Crippen LogP) is 4.72. The highest BCUT2D eigenvalue weighted by molar-refractivity contribution is 6.39. The van der Waals surface area contributed by atoms with E-state index in [9.17, 15) is 59.4 Å². The fourth-order valence-corrected chi connectivity index (χ4v) is 11.5. The molecule has 1 unspecified atom stereocenters. The lowest BCUT2D eigenvalue weighted by atomic mass is 9.75. The number of piperidine rings is 1. The fraction of sp³-hybridized carbons (Fsp3) is 0.754. The van der Waals surface area contributed by atoms with E-state index < -0.39 is 127 Å². The summed E-state index contributed by atoms with van der Waals surface area (Å²) in [5, 5.41) is 64.1. The van der Waals surface area contributed by atoms with Gasteiger partial charge in [0.2, 0.25) is 5.79 Å². The van der Waals surface area contributed by atoms with Crippen molar-refractivity contribution in [2.24, 2.45) is 41.4 Å². The Hall–Kier alpha value is -4.22. The SMILES string of the molecule is CO[C@H]1C[C@@H]2CC[C@@H](C)[C@@](O)(O2)C(=O)C(=O)N2CCCC[C@H]2C(=O)O[C@H]([C@H](C)C[C@H]2CC[C@@H](OC(=O)O[C@@]3(O)OC[C@H](O)[C@H](O)C3O)[C@H](C)C2)CC(=O)[C@H](C)/C=C(\C)[C@@H](O)[C@@H](OC)C(=O)[C@H](C)C[C@H](C)/C=C/C=C/C=C/1C. The van der Waals surface area contributed by atoms with E-state index in [4.69, 9.17) is 33.2 Å². The van der Waals surface area contributed by atoms with Gasteiger partial charge in [0.1, 0.15) is 48.4 Å². The van der Waals surface area contributed by atoms with Crippen LogP contribution in [-0.2, 0) is 57.1 Å². The third-order valence-corrected chi connectivity index (χ3v) is 16.5. The molecular weight excluding hydrogens is 1000 g/mol. The smallest absolute Gasteiger partial charge is 0.460 e. The van der Waals surface area contributed by atoms with E-state index in [0.29, 0.717) is 63.4 Å². The van der Waals surface area contributed by atoms with Gasteiger partial charge in [-0.25, -0.2) is 9.59 Å². The number of allylic oxidation sites excluding steroid dienone is 6. The van der Waals surface area contributed by atoms with Gasteiger partial charge < -0.3 is 68.7 Å². The normalized spacial score (nSPS) is 41.9. The highest BCUT2D eigenvalue weighted by atomic mass is 16.9. The fourth-order valence-electron chi connectivity index (χ4n) is 11.5. The molecule has 19 atom stereocenters. The number of hydrogen-bond donors (Lipinski definition) is 6. The lowest BCUT2D eigenvalue weighted by Gasteiger charge is -2.42. The average molecular weight is 1090 g/mol. The summed E-state index contributed by atoms with van der Waals surface area (Å²) in [5.41, 5.74) is 1.18. The molecule has 4 fully saturated rings. The maximum absolute atomic E-state index is 14.6. The zero-order chi connectivity index (χ0) is 57.1. The van der Waals surface area contributed by atoms with Crippen molar-refractivity contribution < 1.29 is 92.6 Å². The Morgan fingerprint density at radius 3 is 2.25 bits per heavy atom. The predicted molar refractivity (Wildman–Crippen MR) is 278 cm³/mol. The highest BCUT2D eigenvalue weighted by Gasteiger charge is 2.54. The van der Waals surface area contributed by atoms with E-state index in [1.165, 1.54) is 7.11 Å². The van der Waals surface area contributed by atoms with Gasteiger partial charge in [0.25, 0.3) is 11.7 Å². The van der Waals surface area contributed by atoms with E-state index >= 15 is 0 Å². The molecule has 6 N–H and O–H groups in total. The number of rotatable bonds is 7. The van der Waals surface area contributed by atoms with Gasteiger partial charge >= 0.3 is 18.1 Å². The first-order valence-corrected chi connectivity index (χ1v) is 27.5. The van der Waals surface area contributed by atoms with Crippen LogP contribution in [0.2, 0.25) is 0 Å². The lowest BCUT2D eigenvalue weighted by molar-refractivity contribution is -0.415. The van der Waals surface area contributed by atoms with Gasteiger partial charge in [-0.3, -0.25) is 19.2 Å². The molecule has 1 aliphatic carbocycles. The average Bonchev–Trinajstić information content (AvgIpc) is 3.39. The van der Waals surface area contributed by atoms with Gasteiger partial charge in [-0.1, -0.05) is 78.0 Å². The number of ether oxygens (including phenoxy) is 7.